The predicted octanol–water partition coefficient (Wildman–Crippen LogP) is 2.65. The quantitative estimate of drug-likeness (QED) is 0.489. The maximum Gasteiger partial charge on any atom is 0.408 e. The third-order valence-corrected chi connectivity index (χ3v) is 4.49. The van der Waals surface area contributed by atoms with Crippen LogP contribution in [0.25, 0.3) is 0 Å². The van der Waals surface area contributed by atoms with Crippen molar-refractivity contribution in [2.45, 2.75) is 39.7 Å². The van der Waals surface area contributed by atoms with Crippen LogP contribution in [0.1, 0.15) is 33.6 Å². The van der Waals surface area contributed by atoms with Gasteiger partial charge in [-0.05, 0) is 20.3 Å². The van der Waals surface area contributed by atoms with E-state index in [0.29, 0.717) is 19.3 Å². The number of nitrogens with zero attached hydrogens (tertiary/aromatic N) is 1. The summed E-state index contributed by atoms with van der Waals surface area (Å²) in [5.74, 6) is 0. The van der Waals surface area contributed by atoms with E-state index in [2.05, 4.69) is 6.92 Å². The van der Waals surface area contributed by atoms with Crippen LogP contribution in [0.4, 0.5) is 0 Å². The van der Waals surface area contributed by atoms with Crippen LogP contribution in [0.15, 0.2) is 0 Å². The minimum absolute atomic E-state index is 0.406. The van der Waals surface area contributed by atoms with Crippen LogP contribution >= 0.6 is 7.75 Å². The maximum atomic E-state index is 12.1. The van der Waals surface area contributed by atoms with E-state index in [1.54, 1.807) is 0 Å². The van der Waals surface area contributed by atoms with Crippen molar-refractivity contribution in [2.75, 3.05) is 19.8 Å². The molecule has 84 valence electrons. The van der Waals surface area contributed by atoms with Crippen LogP contribution in [0.5, 0.6) is 0 Å². The van der Waals surface area contributed by atoms with Gasteiger partial charge in [0.05, 0.1) is 13.2 Å². The monoisotopic (exact) mass is 221 g/mol. The zero-order valence-corrected chi connectivity index (χ0v) is 10.1. The lowest BCUT2D eigenvalue weighted by Gasteiger charge is -2.17. The zero-order valence-electron chi connectivity index (χ0n) is 9.23. The molecule has 1 rings (SSSR count). The molecule has 1 fully saturated rings. The Balaban J connectivity index is 2.48. The van der Waals surface area contributed by atoms with E-state index in [4.69, 9.17) is 9.05 Å². The summed E-state index contributed by atoms with van der Waals surface area (Å²) >= 11 is 0. The van der Waals surface area contributed by atoms with E-state index in [9.17, 15) is 4.57 Å². The van der Waals surface area contributed by atoms with Crippen molar-refractivity contribution in [2.24, 2.45) is 0 Å². The fourth-order valence-corrected chi connectivity index (χ4v) is 3.48. The highest BCUT2D eigenvalue weighted by Gasteiger charge is 2.48. The highest BCUT2D eigenvalue weighted by Crippen LogP contribution is 2.59. The maximum absolute atomic E-state index is 12.1. The molecule has 0 aromatic carbocycles. The molecule has 0 spiro atoms. The molecule has 2 unspecified atom stereocenters. The SMILES string of the molecule is CCCC1CN1P(=O)(OCC)OCC. The Bertz CT molecular complexity index is 212. The van der Waals surface area contributed by atoms with Gasteiger partial charge < -0.3 is 0 Å². The van der Waals surface area contributed by atoms with Gasteiger partial charge in [0.15, 0.2) is 0 Å². The topological polar surface area (TPSA) is 38.5 Å². The van der Waals surface area contributed by atoms with Crippen molar-refractivity contribution < 1.29 is 13.6 Å². The summed E-state index contributed by atoms with van der Waals surface area (Å²) in [5, 5.41) is 0. The van der Waals surface area contributed by atoms with Crippen LogP contribution in [-0.2, 0) is 13.6 Å². The summed E-state index contributed by atoms with van der Waals surface area (Å²) in [6.07, 6.45) is 2.18. The van der Waals surface area contributed by atoms with E-state index >= 15 is 0 Å². The minimum atomic E-state index is -2.93. The molecule has 4 nitrogen and oxygen atoms in total. The molecule has 0 aliphatic carbocycles. The second-order valence-electron chi connectivity index (χ2n) is 3.37. The lowest BCUT2D eigenvalue weighted by Crippen LogP contribution is -2.06. The van der Waals surface area contributed by atoms with Crippen molar-refractivity contribution in [1.82, 2.24) is 4.67 Å². The molecule has 1 aliphatic rings. The third kappa shape index (κ3) is 2.80. The van der Waals surface area contributed by atoms with E-state index in [1.807, 2.05) is 18.5 Å². The van der Waals surface area contributed by atoms with E-state index < -0.39 is 7.75 Å². The third-order valence-electron chi connectivity index (χ3n) is 2.21. The minimum Gasteiger partial charge on any atom is -0.297 e. The van der Waals surface area contributed by atoms with Gasteiger partial charge in [0.2, 0.25) is 0 Å². The molecule has 0 radical (unpaired) electrons. The summed E-state index contributed by atoms with van der Waals surface area (Å²) in [6.45, 7) is 7.53. The van der Waals surface area contributed by atoms with Gasteiger partial charge in [0, 0.05) is 12.6 Å². The van der Waals surface area contributed by atoms with Crippen LogP contribution in [-0.4, -0.2) is 30.5 Å². The molecule has 1 saturated heterocycles. The lowest BCUT2D eigenvalue weighted by molar-refractivity contribution is 0.194. The number of rotatable bonds is 7. The lowest BCUT2D eigenvalue weighted by atomic mass is 10.3. The Kier molecular flexibility index (Phi) is 4.58. The number of hydrogen-bond acceptors (Lipinski definition) is 3. The molecule has 14 heavy (non-hydrogen) atoms. The van der Waals surface area contributed by atoms with Crippen LogP contribution in [0.2, 0.25) is 0 Å². The summed E-state index contributed by atoms with van der Waals surface area (Å²) in [5.41, 5.74) is 0. The van der Waals surface area contributed by atoms with Gasteiger partial charge in [-0.1, -0.05) is 13.3 Å². The molecule has 0 aromatic rings. The highest BCUT2D eigenvalue weighted by molar-refractivity contribution is 7.51. The second kappa shape index (κ2) is 5.26. The van der Waals surface area contributed by atoms with Crippen molar-refractivity contribution in [3.8, 4) is 0 Å². The van der Waals surface area contributed by atoms with Gasteiger partial charge in [-0.2, -0.15) is 0 Å². The van der Waals surface area contributed by atoms with Crippen molar-refractivity contribution in [3.63, 3.8) is 0 Å². The van der Waals surface area contributed by atoms with Crippen molar-refractivity contribution in [3.05, 3.63) is 0 Å². The first-order chi connectivity index (χ1) is 6.68. The van der Waals surface area contributed by atoms with Crippen LogP contribution in [0.3, 0.4) is 0 Å². The van der Waals surface area contributed by atoms with Gasteiger partial charge in [-0.3, -0.25) is 9.05 Å². The average molecular weight is 221 g/mol. The Morgan fingerprint density at radius 3 is 2.29 bits per heavy atom. The molecule has 0 saturated carbocycles. The van der Waals surface area contributed by atoms with Gasteiger partial charge in [-0.25, -0.2) is 9.24 Å². The first-order valence-electron chi connectivity index (χ1n) is 5.34. The van der Waals surface area contributed by atoms with E-state index in [1.165, 1.54) is 0 Å². The Labute approximate surface area is 86.2 Å². The molecule has 0 bridgehead atoms. The fourth-order valence-electron chi connectivity index (χ4n) is 1.55. The Morgan fingerprint density at radius 2 is 1.86 bits per heavy atom. The second-order valence-corrected chi connectivity index (χ2v) is 5.34. The summed E-state index contributed by atoms with van der Waals surface area (Å²) in [7, 11) is -2.93. The zero-order chi connectivity index (χ0) is 10.6. The molecular formula is C9H20NO3P. The highest BCUT2D eigenvalue weighted by atomic mass is 31.2. The first-order valence-corrected chi connectivity index (χ1v) is 6.83. The molecule has 2 atom stereocenters. The summed E-state index contributed by atoms with van der Waals surface area (Å²) in [4.78, 5) is 0. The molecule has 1 aliphatic heterocycles. The van der Waals surface area contributed by atoms with Crippen molar-refractivity contribution >= 4 is 7.75 Å². The smallest absolute Gasteiger partial charge is 0.297 e. The molecule has 0 amide bonds. The van der Waals surface area contributed by atoms with Crippen molar-refractivity contribution in [1.29, 1.82) is 0 Å². The number of hydrogen-bond donors (Lipinski definition) is 0. The Hall–Kier alpha value is 0.110. The summed E-state index contributed by atoms with van der Waals surface area (Å²) < 4.78 is 24.5. The molecule has 5 heteroatoms. The normalized spacial score (nSPS) is 26.5. The molecular weight excluding hydrogens is 201 g/mol. The molecule has 0 N–H and O–H groups in total. The van der Waals surface area contributed by atoms with E-state index in [0.717, 1.165) is 19.4 Å². The van der Waals surface area contributed by atoms with Gasteiger partial charge in [0.25, 0.3) is 0 Å². The predicted molar refractivity (Wildman–Crippen MR) is 56.3 cm³/mol. The Morgan fingerprint density at radius 1 is 1.29 bits per heavy atom. The molecule has 1 heterocycles. The van der Waals surface area contributed by atoms with Gasteiger partial charge in [-0.15, -0.1) is 0 Å². The summed E-state index contributed by atoms with van der Waals surface area (Å²) in [6, 6.07) is 0.406. The van der Waals surface area contributed by atoms with Gasteiger partial charge >= 0.3 is 7.75 Å². The average Bonchev–Trinajstić information content (AvgIpc) is 2.86. The van der Waals surface area contributed by atoms with Crippen LogP contribution < -0.4 is 0 Å². The molecule has 0 aromatic heterocycles. The standard InChI is InChI=1S/C9H20NO3P/c1-4-7-9-8-10(9)14(11,12-5-2)13-6-3/h9H,4-8H2,1-3H3. The van der Waals surface area contributed by atoms with Gasteiger partial charge in [0.1, 0.15) is 0 Å². The van der Waals surface area contributed by atoms with Crippen LogP contribution in [0, 0.1) is 0 Å². The van der Waals surface area contributed by atoms with E-state index in [-0.39, 0.29) is 0 Å². The first kappa shape index (κ1) is 12.2. The fraction of sp³-hybridized carbons (Fsp3) is 1.00. The largest absolute Gasteiger partial charge is 0.408 e.